The van der Waals surface area contributed by atoms with Crippen molar-refractivity contribution < 1.29 is 0 Å². The lowest BCUT2D eigenvalue weighted by Gasteiger charge is -2.23. The monoisotopic (exact) mass is 903 g/mol. The van der Waals surface area contributed by atoms with Gasteiger partial charge in [0.2, 0.25) is 0 Å². The fourth-order valence-corrected chi connectivity index (χ4v) is 10.6. The topological polar surface area (TPSA) is 38.7 Å². The number of nitrogens with zero attached hydrogens (tertiary/aromatic N) is 3. The van der Waals surface area contributed by atoms with Crippen molar-refractivity contribution in [2.45, 2.75) is 65.7 Å². The molecule has 0 unspecified atom stereocenters. The minimum absolute atomic E-state index is 0.118. The van der Waals surface area contributed by atoms with Crippen LogP contribution in [0, 0.1) is 20.8 Å². The van der Waals surface area contributed by atoms with Crippen LogP contribution in [0.4, 0.5) is 0 Å². The van der Waals surface area contributed by atoms with Gasteiger partial charge in [-0.3, -0.25) is 15.0 Å². The Labute approximate surface area is 413 Å². The number of benzene rings is 7. The molecule has 3 heterocycles. The third kappa shape index (κ3) is 9.04. The van der Waals surface area contributed by atoms with E-state index in [2.05, 4.69) is 221 Å². The van der Waals surface area contributed by atoms with Gasteiger partial charge in [0.25, 0.3) is 0 Å². The Morgan fingerprint density at radius 2 is 0.729 bits per heavy atom. The van der Waals surface area contributed by atoms with Crippen LogP contribution < -0.4 is 0 Å². The SMILES string of the molecule is Cc1ccnc(-c2ccc(CCc3cc(CCc4ccc(-c5cc(C)ccn5)cc4)cc(-c4ccccc4-c4ccc(-c5cc(C)ccn5)cc4-c4ccc5c(c4)C(C)(C)c4ccccc4-5)c3)cc2)c1. The van der Waals surface area contributed by atoms with E-state index in [4.69, 9.17) is 4.98 Å². The highest BCUT2D eigenvalue weighted by molar-refractivity contribution is 5.95. The summed E-state index contributed by atoms with van der Waals surface area (Å²) in [5, 5.41) is 0. The second-order valence-electron chi connectivity index (χ2n) is 19.8. The predicted octanol–water partition coefficient (Wildman–Crippen LogP) is 16.7. The summed E-state index contributed by atoms with van der Waals surface area (Å²) < 4.78 is 0. The van der Waals surface area contributed by atoms with Crippen LogP contribution in [-0.2, 0) is 31.1 Å². The molecule has 3 nitrogen and oxygen atoms in total. The molecule has 0 amide bonds. The molecule has 0 fully saturated rings. The Bertz CT molecular complexity index is 3430. The molecule has 0 bridgehead atoms. The molecule has 0 saturated heterocycles. The van der Waals surface area contributed by atoms with Crippen molar-refractivity contribution in [1.82, 2.24) is 15.0 Å². The Hall–Kier alpha value is -8.01. The van der Waals surface area contributed by atoms with Crippen LogP contribution in [0.1, 0.15) is 63.9 Å². The van der Waals surface area contributed by atoms with Crippen LogP contribution in [0.25, 0.3) is 78.3 Å². The van der Waals surface area contributed by atoms with E-state index in [-0.39, 0.29) is 5.41 Å². The summed E-state index contributed by atoms with van der Waals surface area (Å²) in [5.41, 5.74) is 28.0. The van der Waals surface area contributed by atoms with E-state index >= 15 is 0 Å². The molecule has 70 heavy (non-hydrogen) atoms. The number of pyridine rings is 3. The van der Waals surface area contributed by atoms with Gasteiger partial charge in [0.05, 0.1) is 17.1 Å². The maximum absolute atomic E-state index is 4.86. The van der Waals surface area contributed by atoms with Gasteiger partial charge >= 0.3 is 0 Å². The number of hydrogen-bond donors (Lipinski definition) is 0. The number of aromatic nitrogens is 3. The minimum Gasteiger partial charge on any atom is -0.256 e. The lowest BCUT2D eigenvalue weighted by molar-refractivity contribution is 0.660. The summed E-state index contributed by atoms with van der Waals surface area (Å²) in [6, 6.07) is 69.9. The van der Waals surface area contributed by atoms with Gasteiger partial charge in [-0.1, -0.05) is 153 Å². The van der Waals surface area contributed by atoms with E-state index in [0.717, 1.165) is 59.5 Å². The first-order valence-electron chi connectivity index (χ1n) is 24.7. The third-order valence-corrected chi connectivity index (χ3v) is 14.4. The lowest BCUT2D eigenvalue weighted by atomic mass is 9.80. The van der Waals surface area contributed by atoms with Crippen molar-refractivity contribution in [3.05, 3.63) is 257 Å². The Kier molecular flexibility index (Phi) is 12.0. The summed E-state index contributed by atoms with van der Waals surface area (Å²) in [6.07, 6.45) is 9.45. The molecule has 3 aromatic heterocycles. The normalized spacial score (nSPS) is 12.4. The van der Waals surface area contributed by atoms with Gasteiger partial charge in [0.1, 0.15) is 0 Å². The standard InChI is InChI=1S/C67H57N3/c1-44-30-33-68-64(36-44)51-22-18-47(19-23-51)14-16-49-39-50(17-15-48-20-24-52(25-21-48)65-37-45(2)31-34-69-65)41-55(40-49)56-10-6-7-11-57(56)58-28-27-54(66-38-46(3)32-35-70-66)42-61(58)53-26-29-60-59-12-8-9-13-62(59)67(4,5)63(60)43-53/h6-13,18-43H,14-17H2,1-5H3. The summed E-state index contributed by atoms with van der Waals surface area (Å²) in [6.45, 7) is 11.1. The van der Waals surface area contributed by atoms with Crippen LogP contribution in [-0.4, -0.2) is 15.0 Å². The van der Waals surface area contributed by atoms with Crippen molar-refractivity contribution in [1.29, 1.82) is 0 Å². The zero-order valence-electron chi connectivity index (χ0n) is 40.8. The molecule has 340 valence electrons. The molecule has 0 aliphatic heterocycles. The van der Waals surface area contributed by atoms with Gasteiger partial charge in [-0.2, -0.15) is 0 Å². The maximum atomic E-state index is 4.86. The predicted molar refractivity (Wildman–Crippen MR) is 292 cm³/mol. The minimum atomic E-state index is -0.118. The smallest absolute Gasteiger partial charge is 0.0704 e. The fourth-order valence-electron chi connectivity index (χ4n) is 10.6. The quantitative estimate of drug-likeness (QED) is 0.123. The first-order valence-corrected chi connectivity index (χ1v) is 24.7. The molecule has 0 spiro atoms. The molecule has 0 N–H and O–H groups in total. The van der Waals surface area contributed by atoms with Crippen LogP contribution >= 0.6 is 0 Å². The van der Waals surface area contributed by atoms with E-state index in [9.17, 15) is 0 Å². The van der Waals surface area contributed by atoms with Crippen LogP contribution in [0.5, 0.6) is 0 Å². The van der Waals surface area contributed by atoms with E-state index in [1.807, 2.05) is 30.7 Å². The van der Waals surface area contributed by atoms with Crippen molar-refractivity contribution in [3.63, 3.8) is 0 Å². The Morgan fingerprint density at radius 3 is 1.29 bits per heavy atom. The van der Waals surface area contributed by atoms with Crippen molar-refractivity contribution in [2.24, 2.45) is 0 Å². The molecular formula is C67H57N3. The summed E-state index contributed by atoms with van der Waals surface area (Å²) in [4.78, 5) is 14.1. The number of rotatable bonds is 12. The van der Waals surface area contributed by atoms with E-state index in [0.29, 0.717) is 0 Å². The Balaban J connectivity index is 0.979. The van der Waals surface area contributed by atoms with E-state index in [1.54, 1.807) is 0 Å². The molecule has 1 aliphatic carbocycles. The first kappa shape index (κ1) is 44.5. The molecule has 10 aromatic rings. The van der Waals surface area contributed by atoms with Gasteiger partial charge in [0.15, 0.2) is 0 Å². The second-order valence-corrected chi connectivity index (χ2v) is 19.8. The summed E-state index contributed by atoms with van der Waals surface area (Å²) in [7, 11) is 0. The van der Waals surface area contributed by atoms with Gasteiger partial charge < -0.3 is 0 Å². The van der Waals surface area contributed by atoms with Crippen LogP contribution in [0.2, 0.25) is 0 Å². The molecule has 0 saturated carbocycles. The highest BCUT2D eigenvalue weighted by atomic mass is 14.7. The van der Waals surface area contributed by atoms with Crippen molar-refractivity contribution in [3.8, 4) is 78.3 Å². The average Bonchev–Trinajstić information content (AvgIpc) is 3.62. The van der Waals surface area contributed by atoms with Gasteiger partial charge in [-0.15, -0.1) is 0 Å². The number of hydrogen-bond acceptors (Lipinski definition) is 3. The van der Waals surface area contributed by atoms with Crippen molar-refractivity contribution in [2.75, 3.05) is 0 Å². The van der Waals surface area contributed by atoms with Gasteiger partial charge in [-0.25, -0.2) is 0 Å². The lowest BCUT2D eigenvalue weighted by Crippen LogP contribution is -2.14. The highest BCUT2D eigenvalue weighted by Crippen LogP contribution is 2.50. The van der Waals surface area contributed by atoms with E-state index < -0.39 is 0 Å². The largest absolute Gasteiger partial charge is 0.256 e. The van der Waals surface area contributed by atoms with Gasteiger partial charge in [0, 0.05) is 40.7 Å². The molecule has 11 rings (SSSR count). The molecule has 7 aromatic carbocycles. The first-order chi connectivity index (χ1) is 34.1. The van der Waals surface area contributed by atoms with Gasteiger partial charge in [-0.05, 0) is 190 Å². The molecule has 0 radical (unpaired) electrons. The molecule has 0 atom stereocenters. The zero-order valence-corrected chi connectivity index (χ0v) is 40.8. The summed E-state index contributed by atoms with van der Waals surface area (Å²) in [5.74, 6) is 0. The highest BCUT2D eigenvalue weighted by Gasteiger charge is 2.35. The maximum Gasteiger partial charge on any atom is 0.0704 e. The molecule has 3 heteroatoms. The zero-order chi connectivity index (χ0) is 47.8. The van der Waals surface area contributed by atoms with Crippen LogP contribution in [0.3, 0.4) is 0 Å². The fraction of sp³-hybridized carbons (Fsp3) is 0.149. The van der Waals surface area contributed by atoms with Crippen molar-refractivity contribution >= 4 is 0 Å². The molecule has 1 aliphatic rings. The average molecular weight is 904 g/mol. The summed E-state index contributed by atoms with van der Waals surface area (Å²) >= 11 is 0. The third-order valence-electron chi connectivity index (χ3n) is 14.4. The van der Waals surface area contributed by atoms with E-state index in [1.165, 1.54) is 94.6 Å². The Morgan fingerprint density at radius 1 is 0.300 bits per heavy atom. The molecular weight excluding hydrogens is 847 g/mol. The van der Waals surface area contributed by atoms with Crippen LogP contribution in [0.15, 0.2) is 207 Å². The number of fused-ring (bicyclic) bond motifs is 3. The second kappa shape index (κ2) is 18.8. The number of aryl methyl sites for hydroxylation is 7.